The molecular weight excluding hydrogens is 270 g/mol. The van der Waals surface area contributed by atoms with Gasteiger partial charge in [-0.25, -0.2) is 4.98 Å². The van der Waals surface area contributed by atoms with Crippen LogP contribution >= 0.6 is 0 Å². The van der Waals surface area contributed by atoms with Crippen LogP contribution in [0.1, 0.15) is 25.0 Å². The smallest absolute Gasteiger partial charge is 0.304 e. The third kappa shape index (κ3) is 3.28. The summed E-state index contributed by atoms with van der Waals surface area (Å²) in [6.45, 7) is 0.853. The number of carbonyl (C=O) groups is 1. The first-order valence-electron chi connectivity index (χ1n) is 7.07. The molecule has 1 aliphatic rings. The van der Waals surface area contributed by atoms with Crippen molar-refractivity contribution in [1.82, 2.24) is 14.9 Å². The van der Waals surface area contributed by atoms with Crippen LogP contribution < -0.4 is 5.56 Å². The number of fused-ring (bicyclic) bond motifs is 1. The second kappa shape index (κ2) is 5.65. The minimum absolute atomic E-state index is 0.0853. The summed E-state index contributed by atoms with van der Waals surface area (Å²) < 4.78 is 0. The molecule has 1 heterocycles. The molecule has 1 aromatic heterocycles. The topological polar surface area (TPSA) is 86.3 Å². The van der Waals surface area contributed by atoms with Gasteiger partial charge in [0.25, 0.3) is 5.56 Å². The quantitative estimate of drug-likeness (QED) is 0.838. The Kier molecular flexibility index (Phi) is 3.70. The lowest BCUT2D eigenvalue weighted by molar-refractivity contribution is -0.137. The normalized spacial score (nSPS) is 14.7. The van der Waals surface area contributed by atoms with Crippen LogP contribution in [0, 0.1) is 0 Å². The lowest BCUT2D eigenvalue weighted by Crippen LogP contribution is -2.31. The van der Waals surface area contributed by atoms with Crippen LogP contribution in [-0.2, 0) is 11.3 Å². The summed E-state index contributed by atoms with van der Waals surface area (Å²) in [4.78, 5) is 32.1. The lowest BCUT2D eigenvalue weighted by atomic mass is 10.2. The molecule has 0 saturated heterocycles. The van der Waals surface area contributed by atoms with Crippen molar-refractivity contribution < 1.29 is 9.90 Å². The molecule has 6 nitrogen and oxygen atoms in total. The van der Waals surface area contributed by atoms with Gasteiger partial charge in [-0.2, -0.15) is 0 Å². The average Bonchev–Trinajstić information content (AvgIpc) is 3.28. The molecule has 1 saturated carbocycles. The minimum Gasteiger partial charge on any atom is -0.481 e. The molecule has 1 fully saturated rings. The zero-order valence-corrected chi connectivity index (χ0v) is 11.6. The van der Waals surface area contributed by atoms with Crippen molar-refractivity contribution >= 4 is 17.0 Å². The number of H-pyrrole nitrogens is 1. The SMILES string of the molecule is O=C(O)CCN(Cc1nc2ccccc2[nH]c1=O)C1CC1. The number of hydrogen-bond acceptors (Lipinski definition) is 4. The van der Waals surface area contributed by atoms with Gasteiger partial charge in [-0.15, -0.1) is 0 Å². The maximum atomic E-state index is 12.1. The van der Waals surface area contributed by atoms with E-state index in [-0.39, 0.29) is 12.0 Å². The summed E-state index contributed by atoms with van der Waals surface area (Å²) in [5.41, 5.74) is 1.72. The number of nitrogens with zero attached hydrogens (tertiary/aromatic N) is 2. The molecule has 1 aliphatic carbocycles. The fourth-order valence-electron chi connectivity index (χ4n) is 2.44. The highest BCUT2D eigenvalue weighted by Crippen LogP contribution is 2.27. The highest BCUT2D eigenvalue weighted by Gasteiger charge is 2.29. The summed E-state index contributed by atoms with van der Waals surface area (Å²) in [5, 5.41) is 8.82. The van der Waals surface area contributed by atoms with Gasteiger partial charge in [0.05, 0.1) is 17.5 Å². The van der Waals surface area contributed by atoms with Crippen molar-refractivity contribution in [2.24, 2.45) is 0 Å². The Balaban J connectivity index is 1.83. The molecule has 0 bridgehead atoms. The van der Waals surface area contributed by atoms with Gasteiger partial charge in [0.1, 0.15) is 5.69 Å². The maximum Gasteiger partial charge on any atom is 0.304 e. The number of aliphatic carboxylic acids is 1. The fourth-order valence-corrected chi connectivity index (χ4v) is 2.44. The number of carboxylic acid groups (broad SMARTS) is 1. The molecular formula is C15H17N3O3. The van der Waals surface area contributed by atoms with E-state index in [9.17, 15) is 9.59 Å². The Bertz CT molecular complexity index is 721. The summed E-state index contributed by atoms with van der Waals surface area (Å²) >= 11 is 0. The van der Waals surface area contributed by atoms with Crippen LogP contribution in [0.2, 0.25) is 0 Å². The second-order valence-corrected chi connectivity index (χ2v) is 5.38. The van der Waals surface area contributed by atoms with E-state index in [1.54, 1.807) is 0 Å². The zero-order chi connectivity index (χ0) is 14.8. The largest absolute Gasteiger partial charge is 0.481 e. The molecule has 3 rings (SSSR count). The summed E-state index contributed by atoms with van der Waals surface area (Å²) in [5.74, 6) is -0.818. The summed E-state index contributed by atoms with van der Waals surface area (Å²) in [7, 11) is 0. The van der Waals surface area contributed by atoms with Gasteiger partial charge in [-0.3, -0.25) is 14.5 Å². The van der Waals surface area contributed by atoms with Crippen molar-refractivity contribution in [2.75, 3.05) is 6.54 Å². The molecule has 0 spiro atoms. The Labute approximate surface area is 121 Å². The minimum atomic E-state index is -0.818. The third-order valence-corrected chi connectivity index (χ3v) is 3.70. The number of rotatable bonds is 6. The standard InChI is InChI=1S/C15H17N3O3/c19-14(20)7-8-18(10-5-6-10)9-13-15(21)17-12-4-2-1-3-11(12)16-13/h1-4,10H,5-9H2,(H,17,21)(H,19,20). The highest BCUT2D eigenvalue weighted by atomic mass is 16.4. The van der Waals surface area contributed by atoms with E-state index < -0.39 is 5.97 Å². The van der Waals surface area contributed by atoms with E-state index >= 15 is 0 Å². The first kappa shape index (κ1) is 13.8. The van der Waals surface area contributed by atoms with Gasteiger partial charge in [0, 0.05) is 19.1 Å². The first-order valence-corrected chi connectivity index (χ1v) is 7.07. The van der Waals surface area contributed by atoms with Crippen molar-refractivity contribution in [2.45, 2.75) is 31.8 Å². The van der Waals surface area contributed by atoms with Crippen LogP contribution in [0.15, 0.2) is 29.1 Å². The van der Waals surface area contributed by atoms with E-state index in [1.165, 1.54) is 0 Å². The van der Waals surface area contributed by atoms with Gasteiger partial charge in [0.15, 0.2) is 0 Å². The number of aromatic amines is 1. The number of hydrogen-bond donors (Lipinski definition) is 2. The van der Waals surface area contributed by atoms with Crippen LogP contribution in [0.5, 0.6) is 0 Å². The molecule has 0 atom stereocenters. The predicted molar refractivity (Wildman–Crippen MR) is 78.0 cm³/mol. The van der Waals surface area contributed by atoms with Crippen LogP contribution in [0.4, 0.5) is 0 Å². The Hall–Kier alpha value is -2.21. The summed E-state index contributed by atoms with van der Waals surface area (Å²) in [6.07, 6.45) is 2.21. The fraction of sp³-hybridized carbons (Fsp3) is 0.400. The zero-order valence-electron chi connectivity index (χ0n) is 11.6. The van der Waals surface area contributed by atoms with E-state index in [1.807, 2.05) is 29.2 Å². The van der Waals surface area contributed by atoms with Crippen molar-refractivity contribution in [3.05, 3.63) is 40.3 Å². The molecule has 1 aromatic carbocycles. The van der Waals surface area contributed by atoms with E-state index in [4.69, 9.17) is 5.11 Å². The Morgan fingerprint density at radius 1 is 1.38 bits per heavy atom. The van der Waals surface area contributed by atoms with Crippen LogP contribution in [0.3, 0.4) is 0 Å². The molecule has 0 radical (unpaired) electrons. The van der Waals surface area contributed by atoms with Crippen LogP contribution in [0.25, 0.3) is 11.0 Å². The molecule has 0 aliphatic heterocycles. The molecule has 2 aromatic rings. The van der Waals surface area contributed by atoms with Gasteiger partial charge in [-0.1, -0.05) is 12.1 Å². The van der Waals surface area contributed by atoms with E-state index in [2.05, 4.69) is 9.97 Å². The van der Waals surface area contributed by atoms with Gasteiger partial charge in [-0.05, 0) is 25.0 Å². The monoisotopic (exact) mass is 287 g/mol. The molecule has 0 unspecified atom stereocenters. The number of para-hydroxylation sites is 2. The molecule has 6 heteroatoms. The number of benzene rings is 1. The lowest BCUT2D eigenvalue weighted by Gasteiger charge is -2.20. The highest BCUT2D eigenvalue weighted by molar-refractivity contribution is 5.73. The van der Waals surface area contributed by atoms with E-state index in [0.29, 0.717) is 24.8 Å². The average molecular weight is 287 g/mol. The number of carboxylic acids is 1. The van der Waals surface area contributed by atoms with Gasteiger partial charge in [0.2, 0.25) is 0 Å². The van der Waals surface area contributed by atoms with Gasteiger partial charge < -0.3 is 10.1 Å². The molecule has 110 valence electrons. The number of aromatic nitrogens is 2. The Morgan fingerprint density at radius 3 is 2.86 bits per heavy atom. The summed E-state index contributed by atoms with van der Waals surface area (Å²) in [6, 6.07) is 7.78. The molecule has 21 heavy (non-hydrogen) atoms. The second-order valence-electron chi connectivity index (χ2n) is 5.38. The van der Waals surface area contributed by atoms with E-state index in [0.717, 1.165) is 23.9 Å². The van der Waals surface area contributed by atoms with Crippen LogP contribution in [-0.4, -0.2) is 38.5 Å². The number of nitrogens with one attached hydrogen (secondary N) is 1. The van der Waals surface area contributed by atoms with Gasteiger partial charge >= 0.3 is 5.97 Å². The maximum absolute atomic E-state index is 12.1. The Morgan fingerprint density at radius 2 is 2.14 bits per heavy atom. The predicted octanol–water partition coefficient (Wildman–Crippen LogP) is 1.36. The van der Waals surface area contributed by atoms with Crippen molar-refractivity contribution in [3.63, 3.8) is 0 Å². The third-order valence-electron chi connectivity index (χ3n) is 3.70. The first-order chi connectivity index (χ1) is 10.1. The van der Waals surface area contributed by atoms with Crippen molar-refractivity contribution in [1.29, 1.82) is 0 Å². The molecule has 0 amide bonds. The van der Waals surface area contributed by atoms with Crippen molar-refractivity contribution in [3.8, 4) is 0 Å². The molecule has 2 N–H and O–H groups in total.